The summed E-state index contributed by atoms with van der Waals surface area (Å²) in [5.41, 5.74) is -0.563. The number of hydrogen-bond donors (Lipinski definition) is 1. The van der Waals surface area contributed by atoms with Crippen LogP contribution in [0.15, 0.2) is 53.2 Å². The van der Waals surface area contributed by atoms with E-state index in [2.05, 4.69) is 69.7 Å². The second-order valence-electron chi connectivity index (χ2n) is 19.5. The van der Waals surface area contributed by atoms with Crippen LogP contribution in [0.1, 0.15) is 70.4 Å². The Bertz CT molecular complexity index is 2320. The van der Waals surface area contributed by atoms with Gasteiger partial charge in [0.1, 0.15) is 0 Å². The molecule has 2 spiro atoms. The van der Waals surface area contributed by atoms with Crippen molar-refractivity contribution < 1.29 is 48.0 Å². The SMILES string of the molecule is CC[C@]1(O)C[C@H]2CN(CCC3=C(Bc4cc(I)c(C)cc43)[C@@](C(=O)OC)(C3C=C4C(=CC3OC)N(C=O)[C@@]35O[C@]3(C(=O)OC)[C@H](OC(C)=O)[C@]3(CC)C=CCN6CC[C@]45[C@@H]63)C2)C1. The van der Waals surface area contributed by atoms with Crippen LogP contribution in [0.4, 0.5) is 0 Å². The number of carbonyl (C=O) groups excluding carboxylic acids is 4. The van der Waals surface area contributed by atoms with Crippen molar-refractivity contribution in [3.63, 3.8) is 0 Å². The number of amides is 1. The van der Waals surface area contributed by atoms with Crippen molar-refractivity contribution in [2.45, 2.75) is 101 Å². The molecule has 4 saturated heterocycles. The molecule has 1 amide bonds. The number of aliphatic hydroxyl groups is 1. The molecule has 5 fully saturated rings. The molecule has 1 saturated carbocycles. The van der Waals surface area contributed by atoms with Crippen LogP contribution in [0.2, 0.25) is 0 Å². The topological polar surface area (TPSA) is 148 Å². The molecular formula is C47H57BIN3O10. The predicted octanol–water partition coefficient (Wildman–Crippen LogP) is 3.34. The van der Waals surface area contributed by atoms with E-state index in [1.807, 2.05) is 19.9 Å². The van der Waals surface area contributed by atoms with E-state index in [-0.39, 0.29) is 17.9 Å². The van der Waals surface area contributed by atoms with Gasteiger partial charge in [-0.1, -0.05) is 55.1 Å². The van der Waals surface area contributed by atoms with Crippen LogP contribution in [0, 0.1) is 38.6 Å². The highest BCUT2D eigenvalue weighted by atomic mass is 127. The number of ether oxygens (including phenoxy) is 5. The maximum atomic E-state index is 15.6. The Labute approximate surface area is 377 Å². The number of methoxy groups -OCH3 is 3. The third kappa shape index (κ3) is 5.09. The predicted molar refractivity (Wildman–Crippen MR) is 238 cm³/mol. The third-order valence-electron chi connectivity index (χ3n) is 17.0. The van der Waals surface area contributed by atoms with E-state index in [0.29, 0.717) is 71.1 Å². The van der Waals surface area contributed by atoms with Gasteiger partial charge < -0.3 is 28.8 Å². The first-order chi connectivity index (χ1) is 29.6. The summed E-state index contributed by atoms with van der Waals surface area (Å²) >= 11 is 2.40. The normalized spacial score (nSPS) is 41.9. The molecule has 12 atom stereocenters. The van der Waals surface area contributed by atoms with Gasteiger partial charge in [-0.15, -0.1) is 0 Å². The summed E-state index contributed by atoms with van der Waals surface area (Å²) in [6, 6.07) is 4.15. The van der Waals surface area contributed by atoms with E-state index in [9.17, 15) is 19.5 Å². The first kappa shape index (κ1) is 42.6. The van der Waals surface area contributed by atoms with Gasteiger partial charge in [0, 0.05) is 66.9 Å². The number of hydrogen-bond acceptors (Lipinski definition) is 12. The molecule has 1 N–H and O–H groups in total. The Morgan fingerprint density at radius 2 is 1.84 bits per heavy atom. The summed E-state index contributed by atoms with van der Waals surface area (Å²) in [5, 5.41) is 12.1. The van der Waals surface area contributed by atoms with E-state index in [1.54, 1.807) is 12.0 Å². The molecule has 330 valence electrons. The van der Waals surface area contributed by atoms with Gasteiger partial charge in [0.15, 0.2) is 13.4 Å². The smallest absolute Gasteiger partial charge is 0.347 e. The van der Waals surface area contributed by atoms with E-state index in [0.717, 1.165) is 45.3 Å². The molecular weight excluding hydrogens is 904 g/mol. The van der Waals surface area contributed by atoms with Crippen molar-refractivity contribution in [2.75, 3.05) is 54.1 Å². The van der Waals surface area contributed by atoms with Crippen LogP contribution in [-0.2, 0) is 42.9 Å². The average molecular weight is 962 g/mol. The van der Waals surface area contributed by atoms with Gasteiger partial charge in [-0.3, -0.25) is 29.1 Å². The maximum absolute atomic E-state index is 15.6. The standard InChI is InChI=1S/C47H57BIN3O10/c1-8-42(57)21-28-22-44(40(55)59-6,37-29(11-15-50(23-28)24-42)30-17-26(3)34(49)19-33(30)48-37)32-18-31-35(20-36(32)58-5)52(25-53)47-45(31)13-16-51-14-10-12-43(9-2,38(45)51)39(61-27(4)54)46(47,62-47)41(56)60-7/h10,12,17-20,25,28,32,36,38-39,48,57H,8-9,11,13-16,21-24H2,1-7H3/t28-,32?,36?,38+,39-,42+,43-,44+,45-,46+,47+/m1/s1. The van der Waals surface area contributed by atoms with Crippen molar-refractivity contribution >= 4 is 65.2 Å². The molecule has 13 nitrogen and oxygen atoms in total. The number of benzene rings is 1. The number of halogens is 1. The Balaban J connectivity index is 1.26. The number of allylic oxidation sites excluding steroid dienone is 1. The van der Waals surface area contributed by atoms with E-state index < -0.39 is 63.2 Å². The van der Waals surface area contributed by atoms with Crippen LogP contribution < -0.4 is 5.46 Å². The van der Waals surface area contributed by atoms with Crippen molar-refractivity contribution in [3.05, 3.63) is 67.9 Å². The monoisotopic (exact) mass is 961 g/mol. The Hall–Kier alpha value is -3.35. The average Bonchev–Trinajstić information content (AvgIpc) is 3.48. The molecule has 15 heteroatoms. The molecule has 0 aromatic heterocycles. The summed E-state index contributed by atoms with van der Waals surface area (Å²) in [6.07, 6.45) is 10.5. The minimum absolute atomic E-state index is 0.0674. The zero-order valence-electron chi connectivity index (χ0n) is 36.8. The Morgan fingerprint density at radius 3 is 2.52 bits per heavy atom. The van der Waals surface area contributed by atoms with Crippen molar-refractivity contribution in [2.24, 2.45) is 28.1 Å². The van der Waals surface area contributed by atoms with Crippen LogP contribution in [0.5, 0.6) is 0 Å². The minimum atomic E-state index is -1.86. The molecule has 0 radical (unpaired) electrons. The second kappa shape index (κ2) is 14.3. The number of nitrogens with zero attached hydrogens (tertiary/aromatic N) is 3. The van der Waals surface area contributed by atoms with Gasteiger partial charge in [-0.25, -0.2) is 4.79 Å². The molecule has 1 aromatic carbocycles. The van der Waals surface area contributed by atoms with Crippen LogP contribution in [0.25, 0.3) is 5.57 Å². The third-order valence-corrected chi connectivity index (χ3v) is 18.2. The van der Waals surface area contributed by atoms with E-state index in [4.69, 9.17) is 23.7 Å². The van der Waals surface area contributed by atoms with Crippen LogP contribution >= 0.6 is 22.6 Å². The maximum Gasteiger partial charge on any atom is 0.347 e. The molecule has 7 aliphatic heterocycles. The summed E-state index contributed by atoms with van der Waals surface area (Å²) in [7, 11) is 4.96. The molecule has 7 heterocycles. The number of piperidine rings is 1. The zero-order chi connectivity index (χ0) is 43.9. The molecule has 62 heavy (non-hydrogen) atoms. The summed E-state index contributed by atoms with van der Waals surface area (Å²) in [5.74, 6) is -2.34. The summed E-state index contributed by atoms with van der Waals surface area (Å²) in [4.78, 5) is 63.5. The molecule has 9 aliphatic rings. The lowest BCUT2D eigenvalue weighted by molar-refractivity contribution is -0.183. The zero-order valence-corrected chi connectivity index (χ0v) is 38.9. The first-order valence-corrected chi connectivity index (χ1v) is 23.4. The number of epoxide rings is 1. The van der Waals surface area contributed by atoms with Crippen molar-refractivity contribution in [1.82, 2.24) is 14.7 Å². The van der Waals surface area contributed by atoms with Crippen molar-refractivity contribution in [1.29, 1.82) is 0 Å². The van der Waals surface area contributed by atoms with Crippen LogP contribution in [0.3, 0.4) is 0 Å². The molecule has 1 aromatic rings. The molecule has 3 unspecified atom stereocenters. The summed E-state index contributed by atoms with van der Waals surface area (Å²) in [6.45, 7) is 10.8. The van der Waals surface area contributed by atoms with Gasteiger partial charge in [-0.05, 0) is 109 Å². The lowest BCUT2D eigenvalue weighted by Gasteiger charge is -2.58. The fraction of sp³-hybridized carbons (Fsp3) is 0.617. The second-order valence-corrected chi connectivity index (χ2v) is 20.6. The quantitative estimate of drug-likeness (QED) is 0.0776. The molecule has 10 rings (SSSR count). The number of aryl methyl sites for hydroxylation is 1. The highest BCUT2D eigenvalue weighted by molar-refractivity contribution is 14.1. The van der Waals surface area contributed by atoms with Crippen LogP contribution in [-0.4, -0.2) is 141 Å². The lowest BCUT2D eigenvalue weighted by Crippen LogP contribution is -2.73. The van der Waals surface area contributed by atoms with Gasteiger partial charge in [0.25, 0.3) is 5.60 Å². The number of rotatable bonds is 8. The molecule has 2 bridgehead atoms. The first-order valence-electron chi connectivity index (χ1n) is 22.3. The highest BCUT2D eigenvalue weighted by Crippen LogP contribution is 2.82. The minimum Gasteiger partial charge on any atom is -0.468 e. The number of esters is 3. The highest BCUT2D eigenvalue weighted by Gasteiger charge is 3.00. The fourth-order valence-corrected chi connectivity index (χ4v) is 15.3. The van der Waals surface area contributed by atoms with Gasteiger partial charge in [-0.2, -0.15) is 0 Å². The summed E-state index contributed by atoms with van der Waals surface area (Å²) < 4.78 is 32.6. The van der Waals surface area contributed by atoms with E-state index >= 15 is 4.79 Å². The largest absolute Gasteiger partial charge is 0.468 e. The van der Waals surface area contributed by atoms with E-state index in [1.165, 1.54) is 32.2 Å². The Kier molecular flexibility index (Phi) is 9.84. The lowest BCUT2D eigenvalue weighted by atomic mass is 9.47. The van der Waals surface area contributed by atoms with Gasteiger partial charge >= 0.3 is 17.9 Å². The number of fused-ring (bicyclic) bond motifs is 5. The van der Waals surface area contributed by atoms with Gasteiger partial charge in [0.05, 0.1) is 36.8 Å². The fourth-order valence-electron chi connectivity index (χ4n) is 14.8. The molecule has 2 aliphatic carbocycles. The number of likely N-dealkylation sites (tertiary alicyclic amines) is 1. The van der Waals surface area contributed by atoms with Crippen molar-refractivity contribution in [3.8, 4) is 0 Å². The Morgan fingerprint density at radius 1 is 1.06 bits per heavy atom. The number of carbonyl (C=O) groups is 4. The van der Waals surface area contributed by atoms with Gasteiger partial charge in [0.2, 0.25) is 12.1 Å².